The van der Waals surface area contributed by atoms with Crippen molar-refractivity contribution in [3.63, 3.8) is 0 Å². The number of carbonyl (C=O) groups excluding carboxylic acids is 2. The number of amides is 2. The summed E-state index contributed by atoms with van der Waals surface area (Å²) in [6, 6.07) is 10.6. The molecule has 0 heterocycles. The van der Waals surface area contributed by atoms with E-state index in [-0.39, 0.29) is 21.4 Å². The van der Waals surface area contributed by atoms with Crippen molar-refractivity contribution in [1.82, 2.24) is 4.90 Å². The van der Waals surface area contributed by atoms with Gasteiger partial charge < -0.3 is 10.2 Å². The van der Waals surface area contributed by atoms with Gasteiger partial charge in [-0.05, 0) is 56.3 Å². The lowest BCUT2D eigenvalue weighted by atomic mass is 10.1. The van der Waals surface area contributed by atoms with Crippen LogP contribution in [-0.4, -0.2) is 44.5 Å². The van der Waals surface area contributed by atoms with Crippen LogP contribution in [-0.2, 0) is 9.84 Å². The van der Waals surface area contributed by atoms with Gasteiger partial charge in [0, 0.05) is 36.2 Å². The Bertz CT molecular complexity index is 952. The van der Waals surface area contributed by atoms with Crippen LogP contribution in [0.3, 0.4) is 0 Å². The zero-order valence-electron chi connectivity index (χ0n) is 15.3. The zero-order valence-corrected chi connectivity index (χ0v) is 16.9. The molecule has 0 saturated carbocycles. The third kappa shape index (κ3) is 5.08. The van der Waals surface area contributed by atoms with E-state index in [2.05, 4.69) is 5.32 Å². The second-order valence-corrected chi connectivity index (χ2v) is 8.32. The van der Waals surface area contributed by atoms with E-state index in [1.165, 1.54) is 18.2 Å². The highest BCUT2D eigenvalue weighted by atomic mass is 35.5. The van der Waals surface area contributed by atoms with E-state index in [0.717, 1.165) is 6.26 Å². The molecule has 0 saturated heterocycles. The summed E-state index contributed by atoms with van der Waals surface area (Å²) in [5.74, 6) is -0.548. The van der Waals surface area contributed by atoms with Crippen molar-refractivity contribution in [2.75, 3.05) is 24.7 Å². The van der Waals surface area contributed by atoms with Gasteiger partial charge in [0.1, 0.15) is 0 Å². The van der Waals surface area contributed by atoms with Crippen LogP contribution in [0.2, 0.25) is 5.02 Å². The lowest BCUT2D eigenvalue weighted by molar-refractivity contribution is 0.0773. The number of nitrogens with one attached hydrogen (secondary N) is 1. The predicted molar refractivity (Wildman–Crippen MR) is 106 cm³/mol. The van der Waals surface area contributed by atoms with Gasteiger partial charge in [-0.1, -0.05) is 11.6 Å². The van der Waals surface area contributed by atoms with Crippen LogP contribution in [0.15, 0.2) is 47.4 Å². The second-order valence-electron chi connectivity index (χ2n) is 5.93. The van der Waals surface area contributed by atoms with Crippen LogP contribution in [0.4, 0.5) is 5.69 Å². The van der Waals surface area contributed by atoms with E-state index in [1.807, 2.05) is 13.8 Å². The van der Waals surface area contributed by atoms with E-state index in [4.69, 9.17) is 11.6 Å². The fourth-order valence-corrected chi connectivity index (χ4v) is 3.82. The minimum Gasteiger partial charge on any atom is -0.339 e. The van der Waals surface area contributed by atoms with Crippen molar-refractivity contribution in [2.24, 2.45) is 0 Å². The Hall–Kier alpha value is -2.38. The van der Waals surface area contributed by atoms with Crippen LogP contribution < -0.4 is 5.32 Å². The van der Waals surface area contributed by atoms with Crippen LogP contribution in [0.1, 0.15) is 34.6 Å². The first-order valence-corrected chi connectivity index (χ1v) is 10.6. The molecule has 0 atom stereocenters. The predicted octanol–water partition coefficient (Wildman–Crippen LogP) is 3.48. The number of rotatable bonds is 6. The Labute approximate surface area is 164 Å². The third-order valence-electron chi connectivity index (χ3n) is 4.03. The third-order valence-corrected chi connectivity index (χ3v) is 5.61. The first-order valence-electron chi connectivity index (χ1n) is 8.37. The summed E-state index contributed by atoms with van der Waals surface area (Å²) >= 11 is 5.90. The molecular weight excluding hydrogens is 388 g/mol. The van der Waals surface area contributed by atoms with Gasteiger partial charge in [0.05, 0.1) is 9.92 Å². The zero-order chi connectivity index (χ0) is 20.2. The van der Waals surface area contributed by atoms with Gasteiger partial charge in [-0.2, -0.15) is 0 Å². The molecule has 2 rings (SSSR count). The summed E-state index contributed by atoms with van der Waals surface area (Å²) in [5.41, 5.74) is 1.19. The SMILES string of the molecule is CCN(CC)C(=O)c1ccc(NC(=O)c2ccc(Cl)c(S(C)(=O)=O)c2)cc1. The molecule has 1 N–H and O–H groups in total. The van der Waals surface area contributed by atoms with E-state index in [9.17, 15) is 18.0 Å². The standard InChI is InChI=1S/C19H21ClN2O4S/c1-4-22(5-2)19(24)13-6-9-15(10-7-13)21-18(23)14-8-11-16(20)17(12-14)27(3,25)26/h6-12H,4-5H2,1-3H3,(H,21,23). The van der Waals surface area contributed by atoms with Gasteiger partial charge in [-0.3, -0.25) is 9.59 Å². The molecule has 0 fully saturated rings. The van der Waals surface area contributed by atoms with Crippen molar-refractivity contribution < 1.29 is 18.0 Å². The molecule has 0 radical (unpaired) electrons. The summed E-state index contributed by atoms with van der Waals surface area (Å²) in [6.45, 7) is 5.06. The Balaban J connectivity index is 2.18. The average Bonchev–Trinajstić information content (AvgIpc) is 2.62. The number of halogens is 1. The van der Waals surface area contributed by atoms with Crippen molar-refractivity contribution >= 4 is 38.9 Å². The molecule has 2 amide bonds. The van der Waals surface area contributed by atoms with E-state index in [1.54, 1.807) is 29.2 Å². The molecule has 0 aliphatic carbocycles. The Morgan fingerprint density at radius 3 is 2.07 bits per heavy atom. The van der Waals surface area contributed by atoms with Gasteiger partial charge in [-0.25, -0.2) is 8.42 Å². The molecule has 27 heavy (non-hydrogen) atoms. The van der Waals surface area contributed by atoms with Crippen molar-refractivity contribution in [1.29, 1.82) is 0 Å². The highest BCUT2D eigenvalue weighted by Gasteiger charge is 2.16. The van der Waals surface area contributed by atoms with Gasteiger partial charge in [0.25, 0.3) is 11.8 Å². The molecule has 0 bridgehead atoms. The number of sulfone groups is 1. The van der Waals surface area contributed by atoms with Crippen molar-refractivity contribution in [2.45, 2.75) is 18.7 Å². The number of anilines is 1. The summed E-state index contributed by atoms with van der Waals surface area (Å²) < 4.78 is 23.5. The number of nitrogens with zero attached hydrogens (tertiary/aromatic N) is 1. The molecule has 0 aliphatic rings. The molecule has 8 heteroatoms. The fraction of sp³-hybridized carbons (Fsp3) is 0.263. The molecule has 6 nitrogen and oxygen atoms in total. The largest absolute Gasteiger partial charge is 0.339 e. The van der Waals surface area contributed by atoms with Crippen molar-refractivity contribution in [3.05, 3.63) is 58.6 Å². The van der Waals surface area contributed by atoms with Crippen molar-refractivity contribution in [3.8, 4) is 0 Å². The molecule has 0 unspecified atom stereocenters. The van der Waals surface area contributed by atoms with Crippen LogP contribution in [0, 0.1) is 0 Å². The summed E-state index contributed by atoms with van der Waals surface area (Å²) in [4.78, 5) is 26.3. The van der Waals surface area contributed by atoms with Gasteiger partial charge in [0.15, 0.2) is 9.84 Å². The Kier molecular flexibility index (Phi) is 6.62. The smallest absolute Gasteiger partial charge is 0.255 e. The first-order chi connectivity index (χ1) is 12.7. The second kappa shape index (κ2) is 8.54. The van der Waals surface area contributed by atoms with Crippen LogP contribution >= 0.6 is 11.6 Å². The van der Waals surface area contributed by atoms with Gasteiger partial charge in [0.2, 0.25) is 0 Å². The molecule has 2 aromatic rings. The maximum Gasteiger partial charge on any atom is 0.255 e. The highest BCUT2D eigenvalue weighted by Crippen LogP contribution is 2.23. The number of benzene rings is 2. The molecular formula is C19H21ClN2O4S. The van der Waals surface area contributed by atoms with E-state index < -0.39 is 15.7 Å². The van der Waals surface area contributed by atoms with E-state index in [0.29, 0.717) is 24.3 Å². The van der Waals surface area contributed by atoms with Crippen LogP contribution in [0.25, 0.3) is 0 Å². The van der Waals surface area contributed by atoms with Crippen LogP contribution in [0.5, 0.6) is 0 Å². The maximum absolute atomic E-state index is 12.4. The van der Waals surface area contributed by atoms with Gasteiger partial charge >= 0.3 is 0 Å². The topological polar surface area (TPSA) is 83.6 Å². The quantitative estimate of drug-likeness (QED) is 0.793. The number of hydrogen-bond donors (Lipinski definition) is 1. The molecule has 2 aromatic carbocycles. The molecule has 0 spiro atoms. The summed E-state index contributed by atoms with van der Waals surface area (Å²) in [5, 5.41) is 2.74. The summed E-state index contributed by atoms with van der Waals surface area (Å²) in [6.07, 6.45) is 1.03. The monoisotopic (exact) mass is 408 g/mol. The average molecular weight is 409 g/mol. The number of hydrogen-bond acceptors (Lipinski definition) is 4. The summed E-state index contributed by atoms with van der Waals surface area (Å²) in [7, 11) is -3.54. The lowest BCUT2D eigenvalue weighted by Gasteiger charge is -2.18. The lowest BCUT2D eigenvalue weighted by Crippen LogP contribution is -2.30. The maximum atomic E-state index is 12.4. The minimum atomic E-state index is -3.54. The number of carbonyl (C=O) groups is 2. The Morgan fingerprint density at radius 2 is 1.56 bits per heavy atom. The van der Waals surface area contributed by atoms with E-state index >= 15 is 0 Å². The highest BCUT2D eigenvalue weighted by molar-refractivity contribution is 7.90. The van der Waals surface area contributed by atoms with Gasteiger partial charge in [-0.15, -0.1) is 0 Å². The Morgan fingerprint density at radius 1 is 1.00 bits per heavy atom. The molecule has 144 valence electrons. The molecule has 0 aromatic heterocycles. The first kappa shape index (κ1) is 20.9. The fourth-order valence-electron chi connectivity index (χ4n) is 2.52. The normalized spacial score (nSPS) is 11.1. The minimum absolute atomic E-state index is 0.0633. The molecule has 0 aliphatic heterocycles.